The van der Waals surface area contributed by atoms with Crippen molar-refractivity contribution >= 4 is 5.91 Å². The Kier molecular flexibility index (Phi) is 13.1. The van der Waals surface area contributed by atoms with Crippen LogP contribution in [0.2, 0.25) is 0 Å². The molecule has 0 aliphatic rings. The van der Waals surface area contributed by atoms with Crippen molar-refractivity contribution in [3.8, 4) is 0 Å². The summed E-state index contributed by atoms with van der Waals surface area (Å²) in [6, 6.07) is 9.23. The van der Waals surface area contributed by atoms with Gasteiger partial charge in [-0.05, 0) is 64.6 Å². The lowest BCUT2D eigenvalue weighted by Crippen LogP contribution is -2.45. The second kappa shape index (κ2) is 14.7. The highest BCUT2D eigenvalue weighted by molar-refractivity contribution is 5.95. The molecule has 0 radical (unpaired) electrons. The van der Waals surface area contributed by atoms with Gasteiger partial charge in [0.15, 0.2) is 0 Å². The lowest BCUT2D eigenvalue weighted by Gasteiger charge is -2.38. The number of unbranched alkanes of at least 4 members (excludes halogenated alkanes) is 2. The van der Waals surface area contributed by atoms with Crippen molar-refractivity contribution in [2.75, 3.05) is 14.1 Å². The Balaban J connectivity index is 2.82. The number of carbonyl (C=O) groups excluding carboxylic acids is 1. The molecule has 0 aliphatic heterocycles. The molecule has 0 saturated heterocycles. The van der Waals surface area contributed by atoms with E-state index in [4.69, 9.17) is 0 Å². The lowest BCUT2D eigenvalue weighted by molar-refractivity contribution is 0.0676. The number of carbonyl (C=O) groups is 1. The number of aryl methyl sites for hydroxylation is 1. The largest absolute Gasteiger partial charge is 0.339 e. The topological polar surface area (TPSA) is 23.6 Å². The number of nitrogens with zero attached hydrogens (tertiary/aromatic N) is 2. The smallest absolute Gasteiger partial charge is 0.254 e. The van der Waals surface area contributed by atoms with Gasteiger partial charge in [0.2, 0.25) is 0 Å². The molecule has 0 fully saturated rings. The minimum Gasteiger partial charge on any atom is -0.339 e. The SMILES string of the molecule is CCCCC(CC)CC(C)N(C)C(CCCC)CC(C)N(C)C(=O)c1ccccc1C. The van der Waals surface area contributed by atoms with Crippen LogP contribution >= 0.6 is 0 Å². The van der Waals surface area contributed by atoms with E-state index in [0.29, 0.717) is 12.1 Å². The minimum atomic E-state index is 0.140. The highest BCUT2D eigenvalue weighted by atomic mass is 16.2. The highest BCUT2D eigenvalue weighted by Crippen LogP contribution is 2.25. The monoisotopic (exact) mass is 430 g/mol. The Labute approximate surface area is 193 Å². The first-order valence-corrected chi connectivity index (χ1v) is 12.8. The van der Waals surface area contributed by atoms with E-state index < -0.39 is 0 Å². The number of benzene rings is 1. The Hall–Kier alpha value is -1.35. The Morgan fingerprint density at radius 2 is 1.52 bits per heavy atom. The van der Waals surface area contributed by atoms with Crippen LogP contribution in [0.3, 0.4) is 0 Å². The summed E-state index contributed by atoms with van der Waals surface area (Å²) < 4.78 is 0. The molecule has 0 aliphatic carbocycles. The highest BCUT2D eigenvalue weighted by Gasteiger charge is 2.26. The van der Waals surface area contributed by atoms with Crippen LogP contribution in [-0.4, -0.2) is 47.9 Å². The van der Waals surface area contributed by atoms with Crippen LogP contribution in [0, 0.1) is 12.8 Å². The fraction of sp³-hybridized carbons (Fsp3) is 0.750. The average molecular weight is 431 g/mol. The zero-order chi connectivity index (χ0) is 23.4. The first-order valence-electron chi connectivity index (χ1n) is 12.8. The van der Waals surface area contributed by atoms with Gasteiger partial charge < -0.3 is 9.80 Å². The molecule has 0 saturated carbocycles. The minimum absolute atomic E-state index is 0.140. The molecule has 0 aromatic heterocycles. The fourth-order valence-electron chi connectivity index (χ4n) is 4.67. The van der Waals surface area contributed by atoms with E-state index in [-0.39, 0.29) is 11.9 Å². The van der Waals surface area contributed by atoms with Gasteiger partial charge in [-0.25, -0.2) is 0 Å². The third-order valence-corrected chi connectivity index (χ3v) is 7.35. The quantitative estimate of drug-likeness (QED) is 0.291. The maximum atomic E-state index is 13.1. The van der Waals surface area contributed by atoms with Gasteiger partial charge in [0, 0.05) is 30.7 Å². The van der Waals surface area contributed by atoms with E-state index in [1.165, 1.54) is 51.4 Å². The zero-order valence-electron chi connectivity index (χ0n) is 21.8. The van der Waals surface area contributed by atoms with Crippen molar-refractivity contribution in [2.45, 2.75) is 117 Å². The second-order valence-electron chi connectivity index (χ2n) is 9.78. The van der Waals surface area contributed by atoms with Crippen LogP contribution in [0.15, 0.2) is 24.3 Å². The van der Waals surface area contributed by atoms with Crippen molar-refractivity contribution in [1.29, 1.82) is 0 Å². The Morgan fingerprint density at radius 1 is 0.903 bits per heavy atom. The van der Waals surface area contributed by atoms with Gasteiger partial charge >= 0.3 is 0 Å². The molecule has 1 amide bonds. The normalized spacial score (nSPS) is 15.5. The van der Waals surface area contributed by atoms with E-state index >= 15 is 0 Å². The summed E-state index contributed by atoms with van der Waals surface area (Å²) in [7, 11) is 4.28. The van der Waals surface area contributed by atoms with E-state index in [9.17, 15) is 4.79 Å². The second-order valence-corrected chi connectivity index (χ2v) is 9.78. The van der Waals surface area contributed by atoms with Crippen molar-refractivity contribution in [1.82, 2.24) is 9.80 Å². The maximum Gasteiger partial charge on any atom is 0.254 e. The molecular weight excluding hydrogens is 380 g/mol. The number of hydrogen-bond donors (Lipinski definition) is 0. The molecule has 4 atom stereocenters. The molecule has 3 nitrogen and oxygen atoms in total. The molecule has 1 rings (SSSR count). The molecule has 1 aromatic rings. The lowest BCUT2D eigenvalue weighted by atomic mass is 9.90. The summed E-state index contributed by atoms with van der Waals surface area (Å²) in [6.45, 7) is 13.5. The van der Waals surface area contributed by atoms with Gasteiger partial charge in [0.05, 0.1) is 0 Å². The first-order chi connectivity index (χ1) is 14.8. The average Bonchev–Trinajstić information content (AvgIpc) is 2.77. The summed E-state index contributed by atoms with van der Waals surface area (Å²) >= 11 is 0. The van der Waals surface area contributed by atoms with Gasteiger partial charge in [0.1, 0.15) is 0 Å². The molecule has 0 spiro atoms. The molecule has 3 heteroatoms. The molecule has 1 aromatic carbocycles. The molecule has 4 unspecified atom stereocenters. The molecular formula is C28H50N2O. The molecule has 178 valence electrons. The predicted molar refractivity (Wildman–Crippen MR) is 136 cm³/mol. The number of amides is 1. The van der Waals surface area contributed by atoms with Gasteiger partial charge in [-0.15, -0.1) is 0 Å². The molecule has 0 bridgehead atoms. The van der Waals surface area contributed by atoms with Gasteiger partial charge in [-0.3, -0.25) is 4.79 Å². The van der Waals surface area contributed by atoms with E-state index in [2.05, 4.69) is 46.6 Å². The van der Waals surface area contributed by atoms with Crippen molar-refractivity contribution < 1.29 is 4.79 Å². The van der Waals surface area contributed by atoms with Crippen LogP contribution in [0.5, 0.6) is 0 Å². The summed E-state index contributed by atoms with van der Waals surface area (Å²) in [5.74, 6) is 0.966. The van der Waals surface area contributed by atoms with E-state index in [1.54, 1.807) is 0 Å². The van der Waals surface area contributed by atoms with Gasteiger partial charge in [0.25, 0.3) is 5.91 Å². The third kappa shape index (κ3) is 8.96. The molecule has 31 heavy (non-hydrogen) atoms. The van der Waals surface area contributed by atoms with Crippen LogP contribution in [0.1, 0.15) is 108 Å². The van der Waals surface area contributed by atoms with Gasteiger partial charge in [-0.2, -0.15) is 0 Å². The van der Waals surface area contributed by atoms with Crippen LogP contribution in [-0.2, 0) is 0 Å². The Bertz CT molecular complexity index is 629. The predicted octanol–water partition coefficient (Wildman–Crippen LogP) is 7.33. The first kappa shape index (κ1) is 27.7. The van der Waals surface area contributed by atoms with E-state index in [1.807, 2.05) is 43.1 Å². The third-order valence-electron chi connectivity index (χ3n) is 7.35. The maximum absolute atomic E-state index is 13.1. The summed E-state index contributed by atoms with van der Waals surface area (Å²) in [4.78, 5) is 17.7. The zero-order valence-corrected chi connectivity index (χ0v) is 21.8. The van der Waals surface area contributed by atoms with Crippen molar-refractivity contribution in [3.05, 3.63) is 35.4 Å². The standard InChI is InChI=1S/C28H50N2O/c1-9-12-17-25(11-3)20-23(5)29(7)26(18-13-10-2)21-24(6)30(8)28(31)27-19-15-14-16-22(27)4/h14-16,19,23-26H,9-13,17-18,20-21H2,1-8H3. The summed E-state index contributed by atoms with van der Waals surface area (Å²) in [6.07, 6.45) is 11.3. The summed E-state index contributed by atoms with van der Waals surface area (Å²) in [5.41, 5.74) is 1.88. The number of rotatable bonds is 15. The molecule has 0 heterocycles. The van der Waals surface area contributed by atoms with E-state index in [0.717, 1.165) is 23.5 Å². The Morgan fingerprint density at radius 3 is 2.10 bits per heavy atom. The number of hydrogen-bond acceptors (Lipinski definition) is 2. The van der Waals surface area contributed by atoms with Crippen LogP contribution < -0.4 is 0 Å². The van der Waals surface area contributed by atoms with Crippen LogP contribution in [0.4, 0.5) is 0 Å². The fourth-order valence-corrected chi connectivity index (χ4v) is 4.67. The summed E-state index contributed by atoms with van der Waals surface area (Å²) in [5, 5.41) is 0. The van der Waals surface area contributed by atoms with Crippen molar-refractivity contribution in [3.63, 3.8) is 0 Å². The molecule has 0 N–H and O–H groups in total. The van der Waals surface area contributed by atoms with Crippen LogP contribution in [0.25, 0.3) is 0 Å². The van der Waals surface area contributed by atoms with Crippen molar-refractivity contribution in [2.24, 2.45) is 5.92 Å². The van der Waals surface area contributed by atoms with Gasteiger partial charge in [-0.1, -0.05) is 77.5 Å².